The van der Waals surface area contributed by atoms with Crippen LogP contribution in [-0.2, 0) is 20.7 Å². The van der Waals surface area contributed by atoms with Crippen molar-refractivity contribution in [2.24, 2.45) is 0 Å². The van der Waals surface area contributed by atoms with Crippen LogP contribution in [0.3, 0.4) is 0 Å². The normalized spacial score (nSPS) is 10.1. The van der Waals surface area contributed by atoms with Gasteiger partial charge >= 0.3 is 11.9 Å². The van der Waals surface area contributed by atoms with Gasteiger partial charge in [0, 0.05) is 9.99 Å². The molecule has 0 heterocycles. The molecule has 0 amide bonds. The fraction of sp³-hybridized carbons (Fsp3) is 0.429. The maximum Gasteiger partial charge on any atom is 0.339 e. The summed E-state index contributed by atoms with van der Waals surface area (Å²) in [7, 11) is 0. The Morgan fingerprint density at radius 3 is 2.47 bits per heavy atom. The molecule has 5 heteroatoms. The van der Waals surface area contributed by atoms with E-state index in [0.717, 1.165) is 9.13 Å². The van der Waals surface area contributed by atoms with E-state index in [4.69, 9.17) is 9.47 Å². The van der Waals surface area contributed by atoms with Gasteiger partial charge in [-0.05, 0) is 54.5 Å². The second-order valence-corrected chi connectivity index (χ2v) is 4.96. The molecule has 4 nitrogen and oxygen atoms in total. The van der Waals surface area contributed by atoms with Gasteiger partial charge in [-0.25, -0.2) is 4.79 Å². The lowest BCUT2D eigenvalue weighted by atomic mass is 10.0. The Balaban J connectivity index is 2.85. The molecule has 0 saturated heterocycles. The molecule has 19 heavy (non-hydrogen) atoms. The summed E-state index contributed by atoms with van der Waals surface area (Å²) in [5.74, 6) is -0.595. The zero-order valence-electron chi connectivity index (χ0n) is 11.1. The van der Waals surface area contributed by atoms with Crippen LogP contribution in [0.15, 0.2) is 18.2 Å². The number of ether oxygens (including phenoxy) is 2. The Morgan fingerprint density at radius 2 is 1.84 bits per heavy atom. The summed E-state index contributed by atoms with van der Waals surface area (Å²) in [6, 6.07) is 5.55. The molecule has 1 rings (SSSR count). The first-order valence-corrected chi connectivity index (χ1v) is 7.28. The van der Waals surface area contributed by atoms with Gasteiger partial charge in [0.05, 0.1) is 18.8 Å². The average molecular weight is 376 g/mol. The standard InChI is InChI=1S/C14H17IO4/c1-3-18-12(16)9-8-10-6-5-7-11(15)13(10)14(17)19-4-2/h5-7H,3-4,8-9H2,1-2H3. The minimum atomic E-state index is -0.341. The van der Waals surface area contributed by atoms with Crippen molar-refractivity contribution in [1.29, 1.82) is 0 Å². The molecule has 1 aromatic carbocycles. The first-order chi connectivity index (χ1) is 9.10. The maximum atomic E-state index is 11.9. The number of benzene rings is 1. The molecule has 0 atom stereocenters. The summed E-state index contributed by atoms with van der Waals surface area (Å²) in [6.45, 7) is 4.25. The lowest BCUT2D eigenvalue weighted by Crippen LogP contribution is -2.12. The molecular weight excluding hydrogens is 359 g/mol. The van der Waals surface area contributed by atoms with Crippen molar-refractivity contribution >= 4 is 34.5 Å². The topological polar surface area (TPSA) is 52.6 Å². The summed E-state index contributed by atoms with van der Waals surface area (Å²) in [5.41, 5.74) is 1.37. The van der Waals surface area contributed by atoms with Crippen molar-refractivity contribution < 1.29 is 19.1 Å². The minimum absolute atomic E-state index is 0.254. The lowest BCUT2D eigenvalue weighted by molar-refractivity contribution is -0.143. The Labute approximate surface area is 126 Å². The van der Waals surface area contributed by atoms with E-state index in [-0.39, 0.29) is 18.4 Å². The second kappa shape index (κ2) is 8.14. The van der Waals surface area contributed by atoms with Crippen molar-refractivity contribution in [1.82, 2.24) is 0 Å². The summed E-state index contributed by atoms with van der Waals surface area (Å²) in [5, 5.41) is 0. The van der Waals surface area contributed by atoms with Gasteiger partial charge in [0.25, 0.3) is 0 Å². The van der Waals surface area contributed by atoms with Gasteiger partial charge in [0.2, 0.25) is 0 Å². The molecule has 0 fully saturated rings. The summed E-state index contributed by atoms with van der Waals surface area (Å²) in [4.78, 5) is 23.3. The molecule has 0 aliphatic carbocycles. The highest BCUT2D eigenvalue weighted by Crippen LogP contribution is 2.20. The number of rotatable bonds is 6. The Morgan fingerprint density at radius 1 is 1.16 bits per heavy atom. The van der Waals surface area contributed by atoms with E-state index in [1.54, 1.807) is 13.8 Å². The van der Waals surface area contributed by atoms with Crippen LogP contribution in [0.5, 0.6) is 0 Å². The molecule has 0 aromatic heterocycles. The van der Waals surface area contributed by atoms with E-state index in [9.17, 15) is 9.59 Å². The largest absolute Gasteiger partial charge is 0.466 e. The van der Waals surface area contributed by atoms with E-state index in [0.29, 0.717) is 25.2 Å². The van der Waals surface area contributed by atoms with Crippen LogP contribution in [0.1, 0.15) is 36.2 Å². The highest BCUT2D eigenvalue weighted by molar-refractivity contribution is 14.1. The van der Waals surface area contributed by atoms with E-state index in [1.165, 1.54) is 0 Å². The summed E-state index contributed by atoms with van der Waals surface area (Å²) < 4.78 is 10.8. The number of halogens is 1. The molecule has 0 aliphatic heterocycles. The third kappa shape index (κ3) is 4.81. The lowest BCUT2D eigenvalue weighted by Gasteiger charge is -2.10. The zero-order valence-corrected chi connectivity index (χ0v) is 13.2. The number of esters is 2. The Hall–Kier alpha value is -1.11. The van der Waals surface area contributed by atoms with Crippen molar-refractivity contribution in [3.05, 3.63) is 32.9 Å². The third-order valence-corrected chi connectivity index (χ3v) is 3.38. The quantitative estimate of drug-likeness (QED) is 0.566. The van der Waals surface area contributed by atoms with Crippen LogP contribution < -0.4 is 0 Å². The number of aryl methyl sites for hydroxylation is 1. The van der Waals surface area contributed by atoms with Gasteiger partial charge in [-0.3, -0.25) is 4.79 Å². The van der Waals surface area contributed by atoms with E-state index in [2.05, 4.69) is 22.6 Å². The van der Waals surface area contributed by atoms with E-state index < -0.39 is 0 Å². The Kier molecular flexibility index (Phi) is 6.83. The first kappa shape index (κ1) is 15.9. The van der Waals surface area contributed by atoms with Gasteiger partial charge in [-0.15, -0.1) is 0 Å². The molecular formula is C14H17IO4. The van der Waals surface area contributed by atoms with E-state index >= 15 is 0 Å². The monoisotopic (exact) mass is 376 g/mol. The van der Waals surface area contributed by atoms with E-state index in [1.807, 2.05) is 18.2 Å². The average Bonchev–Trinajstić information content (AvgIpc) is 2.37. The van der Waals surface area contributed by atoms with Crippen LogP contribution in [0, 0.1) is 3.57 Å². The second-order valence-electron chi connectivity index (χ2n) is 3.80. The number of hydrogen-bond donors (Lipinski definition) is 0. The van der Waals surface area contributed by atoms with Crippen molar-refractivity contribution in [3.8, 4) is 0 Å². The molecule has 0 bridgehead atoms. The summed E-state index contributed by atoms with van der Waals surface area (Å²) >= 11 is 2.10. The Bertz CT molecular complexity index is 457. The van der Waals surface area contributed by atoms with Crippen LogP contribution in [0.25, 0.3) is 0 Å². The number of carbonyl (C=O) groups is 2. The molecule has 0 radical (unpaired) electrons. The van der Waals surface area contributed by atoms with Crippen LogP contribution in [0.4, 0.5) is 0 Å². The van der Waals surface area contributed by atoms with Crippen molar-refractivity contribution in [2.45, 2.75) is 26.7 Å². The molecule has 0 spiro atoms. The van der Waals surface area contributed by atoms with Crippen LogP contribution in [-0.4, -0.2) is 25.2 Å². The number of carbonyl (C=O) groups excluding carboxylic acids is 2. The first-order valence-electron chi connectivity index (χ1n) is 6.20. The van der Waals surface area contributed by atoms with Crippen molar-refractivity contribution in [2.75, 3.05) is 13.2 Å². The number of hydrogen-bond acceptors (Lipinski definition) is 4. The third-order valence-electron chi connectivity index (χ3n) is 2.48. The molecule has 0 unspecified atom stereocenters. The smallest absolute Gasteiger partial charge is 0.339 e. The van der Waals surface area contributed by atoms with Gasteiger partial charge in [-0.1, -0.05) is 12.1 Å². The summed E-state index contributed by atoms with van der Waals surface area (Å²) in [6.07, 6.45) is 0.740. The zero-order chi connectivity index (χ0) is 14.3. The minimum Gasteiger partial charge on any atom is -0.466 e. The van der Waals surface area contributed by atoms with Gasteiger partial charge in [0.15, 0.2) is 0 Å². The highest BCUT2D eigenvalue weighted by atomic mass is 127. The fourth-order valence-corrected chi connectivity index (χ4v) is 2.45. The molecule has 1 aromatic rings. The molecule has 0 N–H and O–H groups in total. The maximum absolute atomic E-state index is 11.9. The van der Waals surface area contributed by atoms with Crippen molar-refractivity contribution in [3.63, 3.8) is 0 Å². The predicted octanol–water partition coefficient (Wildman–Crippen LogP) is 2.96. The fourth-order valence-electron chi connectivity index (χ4n) is 1.68. The highest BCUT2D eigenvalue weighted by Gasteiger charge is 2.16. The van der Waals surface area contributed by atoms with Gasteiger partial charge < -0.3 is 9.47 Å². The molecule has 0 saturated carbocycles. The predicted molar refractivity (Wildman–Crippen MR) is 80.1 cm³/mol. The molecule has 0 aliphatic rings. The SMILES string of the molecule is CCOC(=O)CCc1cccc(I)c1C(=O)OCC. The van der Waals surface area contributed by atoms with Crippen LogP contribution in [0.2, 0.25) is 0 Å². The molecule has 104 valence electrons. The van der Waals surface area contributed by atoms with Gasteiger partial charge in [0.1, 0.15) is 0 Å². The van der Waals surface area contributed by atoms with Crippen LogP contribution >= 0.6 is 22.6 Å². The van der Waals surface area contributed by atoms with Gasteiger partial charge in [-0.2, -0.15) is 0 Å².